The lowest BCUT2D eigenvalue weighted by Crippen LogP contribution is -2.67. The summed E-state index contributed by atoms with van der Waals surface area (Å²) in [4.78, 5) is 27.6. The number of carbonyl (C=O) groups excluding carboxylic acids is 2. The lowest BCUT2D eigenvalue weighted by atomic mass is 9.33. The first-order valence-corrected chi connectivity index (χ1v) is 16.2. The molecule has 0 radical (unpaired) electrons. The van der Waals surface area contributed by atoms with Crippen molar-refractivity contribution in [3.8, 4) is 0 Å². The van der Waals surface area contributed by atoms with Crippen LogP contribution in [0.1, 0.15) is 117 Å². The number of hydrogen-bond donors (Lipinski definition) is 0. The van der Waals surface area contributed by atoms with Crippen LogP contribution >= 0.6 is 0 Å². The van der Waals surface area contributed by atoms with Crippen molar-refractivity contribution in [2.45, 2.75) is 113 Å². The second-order valence-electron chi connectivity index (χ2n) is 16.4. The van der Waals surface area contributed by atoms with Gasteiger partial charge in [0, 0.05) is 11.3 Å². The maximum Gasteiger partial charge on any atom is 0.338 e. The summed E-state index contributed by atoms with van der Waals surface area (Å²) in [6, 6.07) is 9.38. The molecule has 0 amide bonds. The van der Waals surface area contributed by atoms with E-state index in [0.29, 0.717) is 40.4 Å². The number of ether oxygens (including phenoxy) is 1. The molecule has 3 heteroatoms. The molecule has 6 rings (SSSR count). The maximum absolute atomic E-state index is 14.6. The Hall–Kier alpha value is -1.90. The van der Waals surface area contributed by atoms with E-state index in [1.54, 1.807) is 0 Å². The number of hydrogen-bond acceptors (Lipinski definition) is 3. The van der Waals surface area contributed by atoms with Gasteiger partial charge >= 0.3 is 5.97 Å². The fraction of sp³-hybridized carbons (Fsp3) is 0.730. The van der Waals surface area contributed by atoms with Crippen molar-refractivity contribution in [3.05, 3.63) is 47.5 Å². The Balaban J connectivity index is 1.35. The standard InChI is InChI=1S/C37H52O3/c1-23-14-17-34(5)20-21-36(7)26(30(34)24(23)2)22-27(38)31-35(6)18-16-29(40-32(39)25-12-10-9-11-13-25)33(3,4)28(35)15-19-37(31,36)8/h9-13,22-24,28-31H,14-21H2,1-8H3/t23-,24+,28+,29+,30+,31-,34-,35+,36-,37-/m1/s1. The van der Waals surface area contributed by atoms with Gasteiger partial charge in [0.15, 0.2) is 5.78 Å². The fourth-order valence-electron chi connectivity index (χ4n) is 11.6. The van der Waals surface area contributed by atoms with Gasteiger partial charge in [0.2, 0.25) is 0 Å². The Morgan fingerprint density at radius 1 is 0.850 bits per heavy atom. The third kappa shape index (κ3) is 3.67. The van der Waals surface area contributed by atoms with E-state index in [2.05, 4.69) is 61.5 Å². The summed E-state index contributed by atoms with van der Waals surface area (Å²) in [7, 11) is 0. The van der Waals surface area contributed by atoms with Crippen LogP contribution in [0.3, 0.4) is 0 Å². The summed E-state index contributed by atoms with van der Waals surface area (Å²) in [6.07, 6.45) is 11.1. The van der Waals surface area contributed by atoms with Crippen molar-refractivity contribution in [3.63, 3.8) is 0 Å². The van der Waals surface area contributed by atoms with E-state index in [4.69, 9.17) is 4.74 Å². The predicted molar refractivity (Wildman–Crippen MR) is 161 cm³/mol. The van der Waals surface area contributed by atoms with Crippen molar-refractivity contribution < 1.29 is 14.3 Å². The second-order valence-corrected chi connectivity index (χ2v) is 16.4. The summed E-state index contributed by atoms with van der Waals surface area (Å²) >= 11 is 0. The number of rotatable bonds is 2. The lowest BCUT2D eigenvalue weighted by Gasteiger charge is -2.70. The molecule has 5 aliphatic carbocycles. The van der Waals surface area contributed by atoms with Crippen LogP contribution in [0.4, 0.5) is 0 Å². The van der Waals surface area contributed by atoms with Crippen molar-refractivity contribution in [2.24, 2.45) is 56.7 Å². The number of benzene rings is 1. The third-order valence-electron chi connectivity index (χ3n) is 14.3. The normalized spacial score (nSPS) is 47.6. The average Bonchev–Trinajstić information content (AvgIpc) is 2.90. The Bertz CT molecular complexity index is 1230. The molecule has 10 atom stereocenters. The zero-order valence-electron chi connectivity index (χ0n) is 26.3. The first-order chi connectivity index (χ1) is 18.7. The summed E-state index contributed by atoms with van der Waals surface area (Å²) < 4.78 is 6.24. The molecule has 5 aliphatic rings. The van der Waals surface area contributed by atoms with Crippen LogP contribution in [-0.2, 0) is 9.53 Å². The van der Waals surface area contributed by atoms with Gasteiger partial charge in [-0.3, -0.25) is 4.79 Å². The largest absolute Gasteiger partial charge is 0.458 e. The van der Waals surface area contributed by atoms with Crippen LogP contribution in [0.5, 0.6) is 0 Å². The van der Waals surface area contributed by atoms with Crippen molar-refractivity contribution in [1.82, 2.24) is 0 Å². The molecule has 1 aromatic carbocycles. The van der Waals surface area contributed by atoms with Gasteiger partial charge in [-0.1, -0.05) is 79.2 Å². The van der Waals surface area contributed by atoms with Gasteiger partial charge < -0.3 is 4.74 Å². The summed E-state index contributed by atoms with van der Waals surface area (Å²) in [5, 5.41) is 0. The van der Waals surface area contributed by atoms with Crippen LogP contribution in [0, 0.1) is 56.7 Å². The molecule has 0 aliphatic heterocycles. The Morgan fingerprint density at radius 2 is 1.55 bits per heavy atom. The molecule has 0 heterocycles. The smallest absolute Gasteiger partial charge is 0.338 e. The molecule has 0 saturated heterocycles. The van der Waals surface area contributed by atoms with Gasteiger partial charge in [-0.25, -0.2) is 4.79 Å². The molecule has 0 N–H and O–H groups in total. The highest BCUT2D eigenvalue weighted by Gasteiger charge is 2.70. The van der Waals surface area contributed by atoms with Gasteiger partial charge in [-0.2, -0.15) is 0 Å². The molecule has 40 heavy (non-hydrogen) atoms. The molecule has 0 spiro atoms. The zero-order valence-corrected chi connectivity index (χ0v) is 26.3. The van der Waals surface area contributed by atoms with Crippen LogP contribution in [0.2, 0.25) is 0 Å². The topological polar surface area (TPSA) is 43.4 Å². The number of ketones is 1. The monoisotopic (exact) mass is 544 g/mol. The van der Waals surface area contributed by atoms with Crippen molar-refractivity contribution >= 4 is 11.8 Å². The summed E-state index contributed by atoms with van der Waals surface area (Å²) in [5.41, 5.74) is 2.19. The van der Waals surface area contributed by atoms with Gasteiger partial charge in [0.05, 0.1) is 5.56 Å². The molecule has 0 bridgehead atoms. The van der Waals surface area contributed by atoms with Crippen LogP contribution < -0.4 is 0 Å². The molecule has 0 aromatic heterocycles. The van der Waals surface area contributed by atoms with Gasteiger partial charge in [-0.15, -0.1) is 0 Å². The zero-order chi connectivity index (χ0) is 28.9. The minimum Gasteiger partial charge on any atom is -0.458 e. The SMILES string of the molecule is C[C@H]1[C@H](C)CC[C@]2(C)CC[C@]3(C)C(=CC(=O)[C@@H]4[C@@]5(C)CC[C@H](OC(=O)c6ccccc6)C(C)(C)[C@@H]5CC[C@]43C)[C@H]12. The van der Waals surface area contributed by atoms with Gasteiger partial charge in [0.25, 0.3) is 0 Å². The molecular weight excluding hydrogens is 492 g/mol. The van der Waals surface area contributed by atoms with E-state index in [1.807, 2.05) is 30.3 Å². The Morgan fingerprint density at radius 3 is 2.25 bits per heavy atom. The molecular formula is C37H52O3. The van der Waals surface area contributed by atoms with Crippen molar-refractivity contribution in [1.29, 1.82) is 0 Å². The van der Waals surface area contributed by atoms with E-state index in [-0.39, 0.29) is 39.7 Å². The first-order valence-electron chi connectivity index (χ1n) is 16.2. The highest BCUT2D eigenvalue weighted by Crippen LogP contribution is 2.75. The first kappa shape index (κ1) is 28.2. The average molecular weight is 545 g/mol. The van der Waals surface area contributed by atoms with Gasteiger partial charge in [0.1, 0.15) is 6.10 Å². The molecule has 218 valence electrons. The summed E-state index contributed by atoms with van der Waals surface area (Å²) in [6.45, 7) is 19.5. The molecule has 1 aromatic rings. The van der Waals surface area contributed by atoms with E-state index in [0.717, 1.165) is 25.7 Å². The van der Waals surface area contributed by atoms with E-state index >= 15 is 0 Å². The predicted octanol–water partition coefficient (Wildman–Crippen LogP) is 9.07. The van der Waals surface area contributed by atoms with E-state index < -0.39 is 0 Å². The maximum atomic E-state index is 14.6. The summed E-state index contributed by atoms with van der Waals surface area (Å²) in [5.74, 6) is 2.39. The third-order valence-corrected chi connectivity index (χ3v) is 14.3. The Kier molecular flexibility index (Phi) is 6.39. The van der Waals surface area contributed by atoms with Crippen LogP contribution in [0.15, 0.2) is 42.0 Å². The Labute approximate surface area is 242 Å². The lowest BCUT2D eigenvalue weighted by molar-refractivity contribution is -0.203. The fourth-order valence-corrected chi connectivity index (χ4v) is 11.6. The molecule has 0 unspecified atom stereocenters. The number of carbonyl (C=O) groups is 2. The number of allylic oxidation sites excluding steroid dienone is 2. The van der Waals surface area contributed by atoms with Crippen LogP contribution in [0.25, 0.3) is 0 Å². The van der Waals surface area contributed by atoms with E-state index in [1.165, 1.54) is 31.3 Å². The minimum absolute atomic E-state index is 0.0261. The quantitative estimate of drug-likeness (QED) is 0.349. The minimum atomic E-state index is -0.224. The van der Waals surface area contributed by atoms with E-state index in [9.17, 15) is 9.59 Å². The van der Waals surface area contributed by atoms with Crippen molar-refractivity contribution in [2.75, 3.05) is 0 Å². The number of fused-ring (bicyclic) bond motifs is 7. The van der Waals surface area contributed by atoms with Crippen LogP contribution in [-0.4, -0.2) is 17.9 Å². The molecule has 3 nitrogen and oxygen atoms in total. The molecule has 4 saturated carbocycles. The highest BCUT2D eigenvalue weighted by molar-refractivity contribution is 5.95. The molecule has 4 fully saturated rings. The number of esters is 1. The highest BCUT2D eigenvalue weighted by atomic mass is 16.5. The second kappa shape index (κ2) is 9.05. The van der Waals surface area contributed by atoms with Gasteiger partial charge in [-0.05, 0) is 115 Å².